The zero-order valence-electron chi connectivity index (χ0n) is 24.9. The molecule has 0 radical (unpaired) electrons. The molecule has 1 unspecified atom stereocenters. The highest BCUT2D eigenvalue weighted by molar-refractivity contribution is 7.54. The number of ketones is 1. The lowest BCUT2D eigenvalue weighted by Crippen LogP contribution is -2.51. The number of hydrogen-bond acceptors (Lipinski definition) is 8. The van der Waals surface area contributed by atoms with Gasteiger partial charge in [0.1, 0.15) is 24.6 Å². The second-order valence-electron chi connectivity index (χ2n) is 10.1. The number of nitrogens with one attached hydrogen (secondary N) is 2. The molecular formula is C31H45N2O8P. The number of carbonyl (C=O) groups is 3. The fourth-order valence-corrected chi connectivity index (χ4v) is 5.95. The van der Waals surface area contributed by atoms with Gasteiger partial charge in [0.15, 0.2) is 0 Å². The van der Waals surface area contributed by atoms with Crippen LogP contribution in [0.1, 0.15) is 62.6 Å². The van der Waals surface area contributed by atoms with Gasteiger partial charge in [0.25, 0.3) is 0 Å². The Morgan fingerprint density at radius 3 is 2.17 bits per heavy atom. The maximum absolute atomic E-state index is 13.2. The summed E-state index contributed by atoms with van der Waals surface area (Å²) in [5.41, 5.74) is 2.89. The number of aliphatic hydroxyl groups excluding tert-OH is 1. The number of benzene rings is 2. The molecule has 0 heterocycles. The number of unbranched alkanes of at least 4 members (excludes halogenated alkanes) is 2. The van der Waals surface area contributed by atoms with Crippen molar-refractivity contribution < 1.29 is 37.8 Å². The molecule has 2 atom stereocenters. The van der Waals surface area contributed by atoms with Crippen molar-refractivity contribution in [3.63, 3.8) is 0 Å². The Bertz CT molecular complexity index is 1130. The Hall–Kier alpha value is -3.04. The highest BCUT2D eigenvalue weighted by atomic mass is 31.2. The molecule has 0 aliphatic heterocycles. The SMILES string of the molecule is CCOP(=O)(CC(=O)CCCCCC(NC(=O)OCc1ccccc1)C(=O)N[C@H](CO)Cc1ccc(C)cc1)OCC. The summed E-state index contributed by atoms with van der Waals surface area (Å²) < 4.78 is 28.3. The van der Waals surface area contributed by atoms with Crippen LogP contribution in [0.15, 0.2) is 54.6 Å². The second-order valence-corrected chi connectivity index (χ2v) is 12.1. The van der Waals surface area contributed by atoms with E-state index in [2.05, 4.69) is 10.6 Å². The van der Waals surface area contributed by atoms with E-state index in [1.165, 1.54) is 0 Å². The Morgan fingerprint density at radius 2 is 1.55 bits per heavy atom. The fourth-order valence-electron chi connectivity index (χ4n) is 4.31. The zero-order chi connectivity index (χ0) is 30.8. The molecule has 0 aromatic heterocycles. The molecule has 0 bridgehead atoms. The van der Waals surface area contributed by atoms with Crippen LogP contribution in [0.25, 0.3) is 0 Å². The molecule has 2 aromatic rings. The van der Waals surface area contributed by atoms with E-state index in [1.54, 1.807) is 13.8 Å². The first-order chi connectivity index (χ1) is 20.2. The molecule has 0 saturated heterocycles. The van der Waals surface area contributed by atoms with Crippen LogP contribution in [0.2, 0.25) is 0 Å². The van der Waals surface area contributed by atoms with Gasteiger partial charge in [-0.2, -0.15) is 0 Å². The Balaban J connectivity index is 1.93. The standard InChI is InChI=1S/C31H45N2O8P/c1-4-40-42(38,41-5-2)23-28(35)14-10-7-11-15-29(33-31(37)39-22-26-12-8-6-9-13-26)30(36)32-27(21-34)20-25-18-16-24(3)17-19-25/h6,8-9,12-13,16-19,27,29,34H,4-5,7,10-11,14-15,20-23H2,1-3H3,(H,32,36)(H,33,37)/t27-,29?/m0/s1. The summed E-state index contributed by atoms with van der Waals surface area (Å²) in [6.45, 7) is 5.55. The number of rotatable bonds is 20. The number of Topliss-reactive ketones (excluding diaryl/α,β-unsaturated/α-hetero) is 1. The van der Waals surface area contributed by atoms with Gasteiger partial charge in [0.05, 0.1) is 25.9 Å². The summed E-state index contributed by atoms with van der Waals surface area (Å²) in [5, 5.41) is 15.4. The van der Waals surface area contributed by atoms with E-state index in [1.807, 2.05) is 61.5 Å². The van der Waals surface area contributed by atoms with Gasteiger partial charge in [0, 0.05) is 6.42 Å². The van der Waals surface area contributed by atoms with Crippen LogP contribution in [0, 0.1) is 6.92 Å². The lowest BCUT2D eigenvalue weighted by molar-refractivity contribution is -0.124. The number of hydrogen-bond donors (Lipinski definition) is 3. The van der Waals surface area contributed by atoms with Crippen LogP contribution in [0.5, 0.6) is 0 Å². The van der Waals surface area contributed by atoms with Gasteiger partial charge in [-0.05, 0) is 51.2 Å². The smallest absolute Gasteiger partial charge is 0.408 e. The molecule has 0 aliphatic rings. The Labute approximate surface area is 249 Å². The van der Waals surface area contributed by atoms with E-state index in [0.717, 1.165) is 16.7 Å². The molecule has 2 amide bonds. The molecule has 2 rings (SSSR count). The molecule has 2 aromatic carbocycles. The van der Waals surface area contributed by atoms with Crippen molar-refractivity contribution in [2.75, 3.05) is 26.0 Å². The van der Waals surface area contributed by atoms with Crippen LogP contribution in [-0.4, -0.2) is 61.0 Å². The molecule has 0 spiro atoms. The summed E-state index contributed by atoms with van der Waals surface area (Å²) >= 11 is 0. The average Bonchev–Trinajstić information content (AvgIpc) is 2.96. The predicted octanol–water partition coefficient (Wildman–Crippen LogP) is 5.10. The van der Waals surface area contributed by atoms with Crippen molar-refractivity contribution in [2.24, 2.45) is 0 Å². The summed E-state index contributed by atoms with van der Waals surface area (Å²) in [6.07, 6.45) is 1.63. The first-order valence-corrected chi connectivity index (χ1v) is 16.2. The second kappa shape index (κ2) is 19.2. The number of aryl methyl sites for hydroxylation is 1. The molecule has 42 heavy (non-hydrogen) atoms. The van der Waals surface area contributed by atoms with E-state index in [-0.39, 0.29) is 44.8 Å². The molecule has 3 N–H and O–H groups in total. The molecule has 0 saturated carbocycles. The lowest BCUT2D eigenvalue weighted by Gasteiger charge is -2.22. The van der Waals surface area contributed by atoms with Crippen LogP contribution in [0.3, 0.4) is 0 Å². The third-order valence-electron chi connectivity index (χ3n) is 6.46. The number of amides is 2. The quantitative estimate of drug-likeness (QED) is 0.140. The number of ether oxygens (including phenoxy) is 1. The van der Waals surface area contributed by atoms with Crippen molar-refractivity contribution in [3.05, 3.63) is 71.3 Å². The number of carbonyl (C=O) groups excluding carboxylic acids is 3. The summed E-state index contributed by atoms with van der Waals surface area (Å²) in [6, 6.07) is 15.6. The predicted molar refractivity (Wildman–Crippen MR) is 161 cm³/mol. The summed E-state index contributed by atoms with van der Waals surface area (Å²) in [5.74, 6) is -0.637. The first kappa shape index (κ1) is 35.2. The van der Waals surface area contributed by atoms with Gasteiger partial charge in [-0.3, -0.25) is 14.2 Å². The lowest BCUT2D eigenvalue weighted by atomic mass is 10.0. The topological polar surface area (TPSA) is 140 Å². The number of aliphatic hydroxyl groups is 1. The highest BCUT2D eigenvalue weighted by Crippen LogP contribution is 2.48. The van der Waals surface area contributed by atoms with Gasteiger partial charge < -0.3 is 29.5 Å². The maximum atomic E-state index is 13.2. The van der Waals surface area contributed by atoms with E-state index >= 15 is 0 Å². The van der Waals surface area contributed by atoms with Crippen molar-refractivity contribution in [1.82, 2.24) is 10.6 Å². The van der Waals surface area contributed by atoms with Crippen LogP contribution in [-0.2, 0) is 41.0 Å². The highest BCUT2D eigenvalue weighted by Gasteiger charge is 2.27. The molecule has 0 aliphatic carbocycles. The third-order valence-corrected chi connectivity index (χ3v) is 8.50. The van der Waals surface area contributed by atoms with Gasteiger partial charge in [-0.25, -0.2) is 4.79 Å². The van der Waals surface area contributed by atoms with E-state index in [4.69, 9.17) is 13.8 Å². The van der Waals surface area contributed by atoms with Crippen LogP contribution >= 0.6 is 7.60 Å². The Kier molecular flexibility index (Phi) is 16.1. The van der Waals surface area contributed by atoms with Crippen molar-refractivity contribution in [1.29, 1.82) is 0 Å². The minimum atomic E-state index is -3.43. The van der Waals surface area contributed by atoms with E-state index in [0.29, 0.717) is 32.1 Å². The van der Waals surface area contributed by atoms with Gasteiger partial charge in [-0.15, -0.1) is 0 Å². The largest absolute Gasteiger partial charge is 0.445 e. The third kappa shape index (κ3) is 13.7. The van der Waals surface area contributed by atoms with E-state index in [9.17, 15) is 24.1 Å². The molecule has 10 nitrogen and oxygen atoms in total. The number of alkyl carbamates (subject to hydrolysis) is 1. The maximum Gasteiger partial charge on any atom is 0.408 e. The van der Waals surface area contributed by atoms with Gasteiger partial charge in [0.2, 0.25) is 5.91 Å². The minimum Gasteiger partial charge on any atom is -0.445 e. The summed E-state index contributed by atoms with van der Waals surface area (Å²) in [7, 11) is -3.43. The molecular weight excluding hydrogens is 559 g/mol. The zero-order valence-corrected chi connectivity index (χ0v) is 25.8. The van der Waals surface area contributed by atoms with Crippen LogP contribution in [0.4, 0.5) is 4.79 Å². The van der Waals surface area contributed by atoms with Crippen molar-refractivity contribution >= 4 is 25.4 Å². The molecule has 0 fully saturated rings. The van der Waals surface area contributed by atoms with Crippen molar-refractivity contribution in [3.8, 4) is 0 Å². The molecule has 232 valence electrons. The van der Waals surface area contributed by atoms with E-state index < -0.39 is 31.7 Å². The Morgan fingerprint density at radius 1 is 0.881 bits per heavy atom. The minimum absolute atomic E-state index is 0.0587. The first-order valence-electron chi connectivity index (χ1n) is 14.5. The average molecular weight is 605 g/mol. The molecule has 11 heteroatoms. The normalized spacial score (nSPS) is 12.8. The van der Waals surface area contributed by atoms with Gasteiger partial charge >= 0.3 is 13.7 Å². The van der Waals surface area contributed by atoms with Gasteiger partial charge in [-0.1, -0.05) is 73.0 Å². The fraction of sp³-hybridized carbons (Fsp3) is 0.516. The monoisotopic (exact) mass is 604 g/mol. The van der Waals surface area contributed by atoms with Crippen molar-refractivity contribution in [2.45, 2.75) is 78.0 Å². The van der Waals surface area contributed by atoms with Crippen LogP contribution < -0.4 is 10.6 Å². The summed E-state index contributed by atoms with van der Waals surface area (Å²) in [4.78, 5) is 38.2.